The van der Waals surface area contributed by atoms with E-state index in [0.29, 0.717) is 6.54 Å². The van der Waals surface area contributed by atoms with Crippen LogP contribution in [0.25, 0.3) is 0 Å². The molecular weight excluding hydrogens is 258 g/mol. The second-order valence-corrected chi connectivity index (χ2v) is 3.78. The Morgan fingerprint density at radius 1 is 1.41 bits per heavy atom. The summed E-state index contributed by atoms with van der Waals surface area (Å²) >= 11 is 0. The first-order chi connectivity index (χ1) is 7.57. The van der Waals surface area contributed by atoms with Crippen molar-refractivity contribution >= 4 is 5.82 Å². The van der Waals surface area contributed by atoms with Crippen LogP contribution in [0.1, 0.15) is 12.7 Å². The molecule has 1 heterocycles. The van der Waals surface area contributed by atoms with Crippen molar-refractivity contribution in [3.8, 4) is 0 Å². The zero-order chi connectivity index (χ0) is 13.8. The molecule has 0 aliphatic carbocycles. The fourth-order valence-corrected chi connectivity index (χ4v) is 1.23. The van der Waals surface area contributed by atoms with Crippen LogP contribution in [0.5, 0.6) is 0 Å². The third kappa shape index (κ3) is 5.56. The molecule has 0 fully saturated rings. The molecule has 0 aliphatic heterocycles. The van der Waals surface area contributed by atoms with Gasteiger partial charge in [0.1, 0.15) is 0 Å². The summed E-state index contributed by atoms with van der Waals surface area (Å²) in [6, 6.07) is 0. The smallest absolute Gasteiger partial charge is 0.358 e. The molecule has 0 aliphatic rings. The molecule has 0 atom stereocenters. The summed E-state index contributed by atoms with van der Waals surface area (Å²) in [6.45, 7) is 4.37. The average molecular weight is 270 g/mol. The average Bonchev–Trinajstić information content (AvgIpc) is 2.40. The molecular formula is C7H12ClN3O6. The van der Waals surface area contributed by atoms with Crippen molar-refractivity contribution in [3.05, 3.63) is 22.1 Å². The van der Waals surface area contributed by atoms with E-state index < -0.39 is 10.2 Å². The van der Waals surface area contributed by atoms with Gasteiger partial charge < -0.3 is 10.1 Å². The van der Waals surface area contributed by atoms with E-state index in [1.165, 1.54) is 6.20 Å². The number of hydrogen-bond donors (Lipinski definition) is 0. The molecule has 0 unspecified atom stereocenters. The van der Waals surface area contributed by atoms with Gasteiger partial charge in [-0.15, -0.1) is 10.2 Å². The minimum absolute atomic E-state index is 0.150. The fraction of sp³-hybridized carbons (Fsp3) is 0.571. The van der Waals surface area contributed by atoms with Gasteiger partial charge in [0.25, 0.3) is 5.82 Å². The van der Waals surface area contributed by atoms with Crippen LogP contribution in [-0.2, 0) is 13.6 Å². The lowest BCUT2D eigenvalue weighted by molar-refractivity contribution is -2.00. The SMILES string of the molecule is CCn1c([N+](=O)[O-])c[n+](C)c1C.[O-][Cl+3]([O-])([O-])[O-]. The maximum absolute atomic E-state index is 10.5. The van der Waals surface area contributed by atoms with E-state index >= 15 is 0 Å². The van der Waals surface area contributed by atoms with Gasteiger partial charge >= 0.3 is 5.82 Å². The molecule has 17 heavy (non-hydrogen) atoms. The summed E-state index contributed by atoms with van der Waals surface area (Å²) in [5, 5.41) is 10.5. The first kappa shape index (κ1) is 15.7. The Labute approximate surface area is 99.0 Å². The van der Waals surface area contributed by atoms with Gasteiger partial charge in [-0.3, -0.25) is 0 Å². The highest BCUT2D eigenvalue weighted by Crippen LogP contribution is 2.10. The summed E-state index contributed by atoms with van der Waals surface area (Å²) in [4.78, 5) is 10.2. The Morgan fingerprint density at radius 3 is 2.06 bits per heavy atom. The van der Waals surface area contributed by atoms with Gasteiger partial charge in [-0.1, -0.05) is 0 Å². The lowest BCUT2D eigenvalue weighted by Crippen LogP contribution is -2.68. The number of hydrogen-bond acceptors (Lipinski definition) is 6. The highest BCUT2D eigenvalue weighted by atomic mass is 35.7. The van der Waals surface area contributed by atoms with Crippen LogP contribution in [0.4, 0.5) is 5.82 Å². The summed E-state index contributed by atoms with van der Waals surface area (Å²) < 4.78 is 37.4. The van der Waals surface area contributed by atoms with Gasteiger partial charge in [0, 0.05) is 6.92 Å². The standard InChI is InChI=1S/C7H12N3O2.ClHO4/c1-4-9-6(2)8(3)5-7(9)10(11)12;2-1(3,4)5/h5H,4H2,1-3H3;(H,2,3,4,5)/q+1;/p-1. The molecule has 0 saturated heterocycles. The summed E-state index contributed by atoms with van der Waals surface area (Å²) in [5.41, 5.74) is 0. The molecule has 1 aromatic rings. The van der Waals surface area contributed by atoms with Gasteiger partial charge in [0.05, 0.1) is 13.6 Å². The van der Waals surface area contributed by atoms with Crippen LogP contribution >= 0.6 is 0 Å². The lowest BCUT2D eigenvalue weighted by Gasteiger charge is -2.17. The molecule has 0 saturated carbocycles. The van der Waals surface area contributed by atoms with Crippen LogP contribution in [-0.4, -0.2) is 9.49 Å². The molecule has 0 N–H and O–H groups in total. The van der Waals surface area contributed by atoms with Gasteiger partial charge in [-0.2, -0.15) is 4.57 Å². The number of aromatic nitrogens is 2. The maximum Gasteiger partial charge on any atom is 0.365 e. The molecule has 0 radical (unpaired) electrons. The quantitative estimate of drug-likeness (QED) is 0.302. The van der Waals surface area contributed by atoms with Gasteiger partial charge in [0.2, 0.25) is 0 Å². The summed E-state index contributed by atoms with van der Waals surface area (Å²) in [5.74, 6) is 1.04. The van der Waals surface area contributed by atoms with Gasteiger partial charge in [0.15, 0.2) is 6.20 Å². The lowest BCUT2D eigenvalue weighted by atomic mass is 10.6. The number of rotatable bonds is 2. The van der Waals surface area contributed by atoms with Crippen LogP contribution in [0, 0.1) is 27.3 Å². The van der Waals surface area contributed by atoms with E-state index in [2.05, 4.69) is 0 Å². The summed E-state index contributed by atoms with van der Waals surface area (Å²) in [7, 11) is -3.14. The van der Waals surface area contributed by atoms with Gasteiger partial charge in [-0.25, -0.2) is 23.2 Å². The van der Waals surface area contributed by atoms with Gasteiger partial charge in [-0.05, 0) is 11.8 Å². The van der Waals surface area contributed by atoms with Crippen LogP contribution in [0.3, 0.4) is 0 Å². The van der Waals surface area contributed by atoms with Crippen molar-refractivity contribution in [3.63, 3.8) is 0 Å². The molecule has 1 aromatic heterocycles. The molecule has 9 nitrogen and oxygen atoms in total. The van der Waals surface area contributed by atoms with Crippen LogP contribution in [0.15, 0.2) is 6.20 Å². The molecule has 0 spiro atoms. The zero-order valence-corrected chi connectivity index (χ0v) is 10.2. The highest BCUT2D eigenvalue weighted by Gasteiger charge is 2.20. The minimum atomic E-state index is -4.94. The third-order valence-corrected chi connectivity index (χ3v) is 1.99. The van der Waals surface area contributed by atoms with Crippen molar-refractivity contribution in [1.29, 1.82) is 0 Å². The number of nitrogens with zero attached hydrogens (tertiary/aromatic N) is 3. The molecule has 1 rings (SSSR count). The van der Waals surface area contributed by atoms with Crippen molar-refractivity contribution in [2.24, 2.45) is 7.05 Å². The first-order valence-electron chi connectivity index (χ1n) is 4.39. The molecule has 10 heteroatoms. The Bertz CT molecular complexity index is 393. The van der Waals surface area contributed by atoms with E-state index in [1.807, 2.05) is 13.8 Å². The Morgan fingerprint density at radius 2 is 1.82 bits per heavy atom. The van der Waals surface area contributed by atoms with E-state index in [4.69, 9.17) is 18.6 Å². The highest BCUT2D eigenvalue weighted by molar-refractivity contribution is 5.13. The van der Waals surface area contributed by atoms with Crippen molar-refractivity contribution in [2.45, 2.75) is 20.4 Å². The molecule has 98 valence electrons. The number of halogens is 1. The Kier molecular flexibility index (Phi) is 5.45. The number of imidazole rings is 1. The fourth-order valence-electron chi connectivity index (χ4n) is 1.23. The van der Waals surface area contributed by atoms with E-state index in [-0.39, 0.29) is 10.7 Å². The topological polar surface area (TPSA) is 144 Å². The third-order valence-electron chi connectivity index (χ3n) is 1.99. The molecule has 0 amide bonds. The van der Waals surface area contributed by atoms with Crippen molar-refractivity contribution in [1.82, 2.24) is 4.57 Å². The van der Waals surface area contributed by atoms with Crippen LogP contribution in [0.2, 0.25) is 0 Å². The zero-order valence-electron chi connectivity index (χ0n) is 9.45. The van der Waals surface area contributed by atoms with E-state index in [9.17, 15) is 10.1 Å². The second kappa shape index (κ2) is 5.89. The maximum atomic E-state index is 10.5. The van der Waals surface area contributed by atoms with Crippen molar-refractivity contribution in [2.75, 3.05) is 0 Å². The minimum Gasteiger partial charge on any atom is -0.358 e. The number of nitro groups is 1. The predicted octanol–water partition coefficient (Wildman–Crippen LogP) is -4.21. The van der Waals surface area contributed by atoms with E-state index in [1.54, 1.807) is 16.2 Å². The predicted molar refractivity (Wildman–Crippen MR) is 42.7 cm³/mol. The normalized spacial score (nSPS) is 10.8. The Hall–Kier alpha value is -1.26. The Balaban J connectivity index is 0.000000437. The first-order valence-corrected chi connectivity index (χ1v) is 5.63. The molecule has 0 aromatic carbocycles. The monoisotopic (exact) mass is 269 g/mol. The second-order valence-electron chi connectivity index (χ2n) is 3.02. The van der Waals surface area contributed by atoms with E-state index in [0.717, 1.165) is 5.82 Å². The summed E-state index contributed by atoms with van der Waals surface area (Å²) in [6.07, 6.45) is 1.53. The number of aryl methyl sites for hydroxylation is 1. The molecule has 0 bridgehead atoms. The van der Waals surface area contributed by atoms with Crippen LogP contribution < -0.4 is 23.2 Å². The van der Waals surface area contributed by atoms with Crippen molar-refractivity contribution < 1.29 is 38.4 Å². The largest absolute Gasteiger partial charge is 0.365 e.